The van der Waals surface area contributed by atoms with E-state index in [1.165, 1.54) is 29.2 Å². The molecule has 5 heteroatoms. The van der Waals surface area contributed by atoms with Crippen molar-refractivity contribution in [1.82, 2.24) is 9.97 Å². The first-order valence-electron chi connectivity index (χ1n) is 6.88. The Morgan fingerprint density at radius 2 is 2.05 bits per heavy atom. The summed E-state index contributed by atoms with van der Waals surface area (Å²) in [4.78, 5) is 8.22. The highest BCUT2D eigenvalue weighted by molar-refractivity contribution is 8.06. The van der Waals surface area contributed by atoms with Crippen molar-refractivity contribution in [2.75, 3.05) is 11.5 Å². The van der Waals surface area contributed by atoms with Gasteiger partial charge in [0.1, 0.15) is 10.5 Å². The van der Waals surface area contributed by atoms with Crippen LogP contribution in [0.1, 0.15) is 55.4 Å². The molecule has 1 N–H and O–H groups in total. The zero-order valence-electron chi connectivity index (χ0n) is 12.0. The van der Waals surface area contributed by atoms with Gasteiger partial charge in [0, 0.05) is 28.0 Å². The molecule has 0 saturated carbocycles. The molecule has 0 spiro atoms. The van der Waals surface area contributed by atoms with Gasteiger partial charge < -0.3 is 4.98 Å². The van der Waals surface area contributed by atoms with Crippen molar-refractivity contribution >= 4 is 35.7 Å². The van der Waals surface area contributed by atoms with E-state index in [0.29, 0.717) is 16.4 Å². The van der Waals surface area contributed by atoms with E-state index < -0.39 is 0 Å². The lowest BCUT2D eigenvalue weighted by atomic mass is 10.0. The highest BCUT2D eigenvalue weighted by Crippen LogP contribution is 2.43. The number of hydrogen-bond donors (Lipinski definition) is 1. The van der Waals surface area contributed by atoms with Gasteiger partial charge in [-0.3, -0.25) is 0 Å². The molecule has 0 bridgehead atoms. The molecule has 0 aromatic carbocycles. The van der Waals surface area contributed by atoms with Crippen molar-refractivity contribution in [1.29, 1.82) is 0 Å². The largest absolute Gasteiger partial charge is 0.346 e. The summed E-state index contributed by atoms with van der Waals surface area (Å²) < 4.78 is 0.785. The third kappa shape index (κ3) is 3.37. The quantitative estimate of drug-likeness (QED) is 0.806. The van der Waals surface area contributed by atoms with Gasteiger partial charge in [0.05, 0.1) is 5.25 Å². The maximum absolute atomic E-state index is 5.50. The number of H-pyrrole nitrogens is 1. The Bertz CT molecular complexity index is 496. The van der Waals surface area contributed by atoms with Gasteiger partial charge in [-0.1, -0.05) is 33.0 Å². The summed E-state index contributed by atoms with van der Waals surface area (Å²) in [6.45, 7) is 8.74. The van der Waals surface area contributed by atoms with Gasteiger partial charge in [0.25, 0.3) is 0 Å². The van der Waals surface area contributed by atoms with Crippen LogP contribution in [0.25, 0.3) is 0 Å². The SMILES string of the molecule is CCC1SCCSC1c1nc(=S)c(C(C)C)c(C)[nH]1. The molecule has 1 aliphatic heterocycles. The van der Waals surface area contributed by atoms with Gasteiger partial charge in [0.2, 0.25) is 0 Å². The van der Waals surface area contributed by atoms with Crippen LogP contribution < -0.4 is 0 Å². The summed E-state index contributed by atoms with van der Waals surface area (Å²) in [6.07, 6.45) is 1.19. The Labute approximate surface area is 129 Å². The molecule has 106 valence electrons. The van der Waals surface area contributed by atoms with Crippen molar-refractivity contribution in [2.24, 2.45) is 0 Å². The van der Waals surface area contributed by atoms with E-state index in [1.807, 2.05) is 11.8 Å². The molecule has 0 amide bonds. The van der Waals surface area contributed by atoms with Crippen LogP contribution in [0, 0.1) is 11.6 Å². The second-order valence-corrected chi connectivity index (χ2v) is 8.21. The molecule has 0 aliphatic carbocycles. The fourth-order valence-corrected chi connectivity index (χ4v) is 6.09. The second kappa shape index (κ2) is 6.64. The van der Waals surface area contributed by atoms with E-state index in [4.69, 9.17) is 17.2 Å². The van der Waals surface area contributed by atoms with Gasteiger partial charge in [0.15, 0.2) is 0 Å². The highest BCUT2D eigenvalue weighted by atomic mass is 32.2. The molecule has 1 aliphatic rings. The van der Waals surface area contributed by atoms with Crippen molar-refractivity contribution in [3.8, 4) is 0 Å². The lowest BCUT2D eigenvalue weighted by Crippen LogP contribution is -2.21. The molecule has 0 radical (unpaired) electrons. The number of aromatic nitrogens is 2. The molecule has 2 nitrogen and oxygen atoms in total. The zero-order chi connectivity index (χ0) is 14.0. The normalized spacial score (nSPS) is 23.8. The van der Waals surface area contributed by atoms with E-state index in [2.05, 4.69) is 44.4 Å². The molecule has 2 atom stereocenters. The number of hydrogen-bond acceptors (Lipinski definition) is 4. The van der Waals surface area contributed by atoms with Crippen molar-refractivity contribution < 1.29 is 0 Å². The van der Waals surface area contributed by atoms with Crippen LogP contribution in [0.3, 0.4) is 0 Å². The number of aryl methyl sites for hydroxylation is 1. The summed E-state index contributed by atoms with van der Waals surface area (Å²) >= 11 is 9.59. The van der Waals surface area contributed by atoms with Crippen LogP contribution in [0.2, 0.25) is 0 Å². The molecule has 19 heavy (non-hydrogen) atoms. The molecular weight excluding hydrogens is 292 g/mol. The predicted octanol–water partition coefficient (Wildman–Crippen LogP) is 4.87. The van der Waals surface area contributed by atoms with Crippen LogP contribution in [0.4, 0.5) is 0 Å². The van der Waals surface area contributed by atoms with Crippen LogP contribution >= 0.6 is 35.7 Å². The molecule has 1 aromatic heterocycles. The number of nitrogens with one attached hydrogen (secondary N) is 1. The number of nitrogens with zero attached hydrogens (tertiary/aromatic N) is 1. The summed E-state index contributed by atoms with van der Waals surface area (Å²) in [7, 11) is 0. The standard InChI is InChI=1S/C14H22N2S3/c1-5-10-12(19-7-6-18-10)13-15-9(4)11(8(2)3)14(17)16-13/h8,10,12H,5-7H2,1-4H3,(H,15,16,17). The molecule has 1 saturated heterocycles. The van der Waals surface area contributed by atoms with E-state index in [-0.39, 0.29) is 0 Å². The summed E-state index contributed by atoms with van der Waals surface area (Å²) in [5.41, 5.74) is 2.39. The minimum Gasteiger partial charge on any atom is -0.346 e. The average molecular weight is 315 g/mol. The molecule has 2 rings (SSSR count). The number of aromatic amines is 1. The molecule has 1 fully saturated rings. The smallest absolute Gasteiger partial charge is 0.133 e. The van der Waals surface area contributed by atoms with Gasteiger partial charge >= 0.3 is 0 Å². The van der Waals surface area contributed by atoms with Gasteiger partial charge in [-0.2, -0.15) is 11.8 Å². The van der Waals surface area contributed by atoms with Gasteiger partial charge in [-0.05, 0) is 19.3 Å². The van der Waals surface area contributed by atoms with Crippen LogP contribution in [-0.2, 0) is 0 Å². The fraction of sp³-hybridized carbons (Fsp3) is 0.714. The predicted molar refractivity (Wildman–Crippen MR) is 90.0 cm³/mol. The molecular formula is C14H22N2S3. The first kappa shape index (κ1) is 15.4. The number of rotatable bonds is 3. The maximum atomic E-state index is 5.50. The van der Waals surface area contributed by atoms with Gasteiger partial charge in [-0.25, -0.2) is 4.98 Å². The van der Waals surface area contributed by atoms with Crippen molar-refractivity contribution in [3.63, 3.8) is 0 Å². The third-order valence-electron chi connectivity index (χ3n) is 3.47. The van der Waals surface area contributed by atoms with Crippen LogP contribution in [0.15, 0.2) is 0 Å². The Hall–Kier alpha value is -0.0000000000000000555. The van der Waals surface area contributed by atoms with Crippen molar-refractivity contribution in [3.05, 3.63) is 21.7 Å². The van der Waals surface area contributed by atoms with E-state index in [9.17, 15) is 0 Å². The molecule has 2 heterocycles. The average Bonchev–Trinajstić information content (AvgIpc) is 2.37. The van der Waals surface area contributed by atoms with Crippen LogP contribution in [-0.4, -0.2) is 26.7 Å². The van der Waals surface area contributed by atoms with Crippen molar-refractivity contribution in [2.45, 2.75) is 50.5 Å². The summed E-state index contributed by atoms with van der Waals surface area (Å²) in [5.74, 6) is 3.97. The lowest BCUT2D eigenvalue weighted by molar-refractivity contribution is 0.728. The second-order valence-electron chi connectivity index (χ2n) is 5.23. The highest BCUT2D eigenvalue weighted by Gasteiger charge is 2.28. The maximum Gasteiger partial charge on any atom is 0.133 e. The minimum absolute atomic E-state index is 0.431. The molecule has 2 unspecified atom stereocenters. The van der Waals surface area contributed by atoms with E-state index in [0.717, 1.165) is 10.5 Å². The first-order valence-corrected chi connectivity index (χ1v) is 9.39. The fourth-order valence-electron chi connectivity index (χ4n) is 2.59. The Balaban J connectivity index is 2.38. The Kier molecular flexibility index (Phi) is 5.37. The lowest BCUT2D eigenvalue weighted by Gasteiger charge is -2.29. The summed E-state index contributed by atoms with van der Waals surface area (Å²) in [5, 5.41) is 1.12. The third-order valence-corrected chi connectivity index (χ3v) is 7.04. The number of thioether (sulfide) groups is 2. The Morgan fingerprint density at radius 1 is 1.37 bits per heavy atom. The Morgan fingerprint density at radius 3 is 2.63 bits per heavy atom. The minimum atomic E-state index is 0.431. The van der Waals surface area contributed by atoms with Gasteiger partial charge in [-0.15, -0.1) is 11.8 Å². The topological polar surface area (TPSA) is 28.7 Å². The van der Waals surface area contributed by atoms with E-state index in [1.54, 1.807) is 0 Å². The first-order chi connectivity index (χ1) is 9.04. The van der Waals surface area contributed by atoms with Crippen LogP contribution in [0.5, 0.6) is 0 Å². The zero-order valence-corrected chi connectivity index (χ0v) is 14.5. The van der Waals surface area contributed by atoms with E-state index >= 15 is 0 Å². The molecule has 1 aromatic rings. The summed E-state index contributed by atoms with van der Waals surface area (Å²) in [6, 6.07) is 0. The monoisotopic (exact) mass is 314 g/mol.